The van der Waals surface area contributed by atoms with Crippen LogP contribution in [0.1, 0.15) is 31.2 Å². The molecule has 2 saturated carbocycles. The Bertz CT molecular complexity index is 384. The van der Waals surface area contributed by atoms with Gasteiger partial charge in [-0.1, -0.05) is 34.1 Å². The van der Waals surface area contributed by atoms with Gasteiger partial charge in [-0.2, -0.15) is 0 Å². The van der Waals surface area contributed by atoms with Crippen molar-refractivity contribution in [2.75, 3.05) is 0 Å². The minimum Gasteiger partial charge on any atom is -0.392 e. The molecule has 1 N–H and O–H groups in total. The van der Waals surface area contributed by atoms with Crippen LogP contribution in [0, 0.1) is 17.8 Å². The summed E-state index contributed by atoms with van der Waals surface area (Å²) in [6.45, 7) is 0. The van der Waals surface area contributed by atoms with Gasteiger partial charge < -0.3 is 5.11 Å². The number of hydrogen-bond acceptors (Lipinski definition) is 1. The second kappa shape index (κ2) is 4.74. The standard InChI is InChI=1S/C15H19BrO/c16-13-4-2-1-3-12(13)9-14(17)15(10-5-6-10)11-7-8-11/h1-4,10-11,14-15,17H,5-9H2. The van der Waals surface area contributed by atoms with E-state index < -0.39 is 0 Å². The molecule has 3 rings (SSSR count). The molecular formula is C15H19BrO. The molecule has 2 aliphatic rings. The first kappa shape index (κ1) is 11.7. The van der Waals surface area contributed by atoms with Gasteiger partial charge >= 0.3 is 0 Å². The molecule has 2 aliphatic carbocycles. The topological polar surface area (TPSA) is 20.2 Å². The van der Waals surface area contributed by atoms with Gasteiger partial charge in [0.15, 0.2) is 0 Å². The minimum atomic E-state index is -0.145. The second-order valence-electron chi connectivity index (χ2n) is 5.62. The number of aliphatic hydroxyl groups excluding tert-OH is 1. The maximum Gasteiger partial charge on any atom is 0.0614 e. The molecule has 0 aromatic heterocycles. The van der Waals surface area contributed by atoms with Gasteiger partial charge in [-0.05, 0) is 61.5 Å². The third kappa shape index (κ3) is 2.74. The van der Waals surface area contributed by atoms with E-state index in [1.807, 2.05) is 6.07 Å². The van der Waals surface area contributed by atoms with Crippen molar-refractivity contribution in [3.8, 4) is 0 Å². The molecule has 0 bridgehead atoms. The Morgan fingerprint density at radius 1 is 1.12 bits per heavy atom. The normalized spacial score (nSPS) is 21.8. The molecule has 0 saturated heterocycles. The maximum absolute atomic E-state index is 10.5. The zero-order chi connectivity index (χ0) is 11.8. The molecular weight excluding hydrogens is 276 g/mol. The molecule has 0 aliphatic heterocycles. The van der Waals surface area contributed by atoms with Crippen LogP contribution in [0.2, 0.25) is 0 Å². The molecule has 0 radical (unpaired) electrons. The molecule has 2 fully saturated rings. The fourth-order valence-electron chi connectivity index (χ4n) is 3.00. The van der Waals surface area contributed by atoms with Crippen molar-refractivity contribution in [1.29, 1.82) is 0 Å². The van der Waals surface area contributed by atoms with E-state index in [0.717, 1.165) is 22.7 Å². The summed E-state index contributed by atoms with van der Waals surface area (Å²) >= 11 is 3.57. The Morgan fingerprint density at radius 2 is 1.71 bits per heavy atom. The number of benzene rings is 1. The highest BCUT2D eigenvalue weighted by Crippen LogP contribution is 2.51. The van der Waals surface area contributed by atoms with Crippen LogP contribution < -0.4 is 0 Å². The summed E-state index contributed by atoms with van der Waals surface area (Å²) in [4.78, 5) is 0. The highest BCUT2D eigenvalue weighted by Gasteiger charge is 2.44. The molecule has 0 amide bonds. The average Bonchev–Trinajstić information content (AvgIpc) is 3.14. The summed E-state index contributed by atoms with van der Waals surface area (Å²) in [6, 6.07) is 8.25. The zero-order valence-electron chi connectivity index (χ0n) is 9.98. The predicted octanol–water partition coefficient (Wildman–Crippen LogP) is 3.79. The molecule has 1 atom stereocenters. The summed E-state index contributed by atoms with van der Waals surface area (Å²) in [7, 11) is 0. The highest BCUT2D eigenvalue weighted by molar-refractivity contribution is 9.10. The van der Waals surface area contributed by atoms with E-state index >= 15 is 0 Å². The van der Waals surface area contributed by atoms with Gasteiger partial charge in [0.1, 0.15) is 0 Å². The highest BCUT2D eigenvalue weighted by atomic mass is 79.9. The van der Waals surface area contributed by atoms with Gasteiger partial charge in [0.2, 0.25) is 0 Å². The van der Waals surface area contributed by atoms with E-state index in [1.165, 1.54) is 31.2 Å². The molecule has 1 nitrogen and oxygen atoms in total. The number of hydrogen-bond donors (Lipinski definition) is 1. The molecule has 92 valence electrons. The second-order valence-corrected chi connectivity index (χ2v) is 6.47. The van der Waals surface area contributed by atoms with Gasteiger partial charge in [-0.3, -0.25) is 0 Å². The third-order valence-electron chi connectivity index (χ3n) is 4.16. The van der Waals surface area contributed by atoms with E-state index in [9.17, 15) is 5.11 Å². The Morgan fingerprint density at radius 3 is 2.24 bits per heavy atom. The summed E-state index contributed by atoms with van der Waals surface area (Å²) in [5.74, 6) is 2.21. The van der Waals surface area contributed by atoms with Crippen LogP contribution in [0.5, 0.6) is 0 Å². The molecule has 1 aromatic rings. The Kier molecular flexibility index (Phi) is 3.27. The molecule has 1 unspecified atom stereocenters. The van der Waals surface area contributed by atoms with E-state index in [4.69, 9.17) is 0 Å². The minimum absolute atomic E-state index is 0.145. The lowest BCUT2D eigenvalue weighted by Gasteiger charge is -2.23. The number of aliphatic hydroxyl groups is 1. The lowest BCUT2D eigenvalue weighted by atomic mass is 9.88. The van der Waals surface area contributed by atoms with Crippen LogP contribution in [-0.4, -0.2) is 11.2 Å². The van der Waals surface area contributed by atoms with Gasteiger partial charge in [-0.25, -0.2) is 0 Å². The summed E-state index contributed by atoms with van der Waals surface area (Å²) < 4.78 is 1.13. The fourth-order valence-corrected chi connectivity index (χ4v) is 3.45. The Balaban J connectivity index is 1.69. The van der Waals surface area contributed by atoms with Crippen molar-refractivity contribution in [2.45, 2.75) is 38.2 Å². The summed E-state index contributed by atoms with van der Waals surface area (Å²) in [5.41, 5.74) is 1.24. The van der Waals surface area contributed by atoms with Crippen molar-refractivity contribution < 1.29 is 5.11 Å². The van der Waals surface area contributed by atoms with Gasteiger partial charge in [0.05, 0.1) is 6.10 Å². The maximum atomic E-state index is 10.5. The summed E-state index contributed by atoms with van der Waals surface area (Å²) in [5, 5.41) is 10.5. The Labute approximate surface area is 111 Å². The first-order valence-electron chi connectivity index (χ1n) is 6.67. The lowest BCUT2D eigenvalue weighted by Crippen LogP contribution is -2.26. The van der Waals surface area contributed by atoms with Gasteiger partial charge in [-0.15, -0.1) is 0 Å². The van der Waals surface area contributed by atoms with Crippen molar-refractivity contribution in [2.24, 2.45) is 17.8 Å². The SMILES string of the molecule is OC(Cc1ccccc1Br)C(C1CC1)C1CC1. The van der Waals surface area contributed by atoms with Crippen LogP contribution in [0.3, 0.4) is 0 Å². The van der Waals surface area contributed by atoms with Crippen LogP contribution in [-0.2, 0) is 6.42 Å². The van der Waals surface area contributed by atoms with Gasteiger partial charge in [0.25, 0.3) is 0 Å². The largest absolute Gasteiger partial charge is 0.392 e. The molecule has 2 heteroatoms. The van der Waals surface area contributed by atoms with Crippen molar-refractivity contribution in [1.82, 2.24) is 0 Å². The lowest BCUT2D eigenvalue weighted by molar-refractivity contribution is 0.0824. The third-order valence-corrected chi connectivity index (χ3v) is 4.94. The quantitative estimate of drug-likeness (QED) is 0.876. The van der Waals surface area contributed by atoms with Crippen LogP contribution in [0.15, 0.2) is 28.7 Å². The number of rotatable bonds is 5. The zero-order valence-corrected chi connectivity index (χ0v) is 11.6. The van der Waals surface area contributed by atoms with Crippen LogP contribution >= 0.6 is 15.9 Å². The van der Waals surface area contributed by atoms with Gasteiger partial charge in [0, 0.05) is 4.47 Å². The van der Waals surface area contributed by atoms with E-state index in [1.54, 1.807) is 0 Å². The van der Waals surface area contributed by atoms with Crippen molar-refractivity contribution >= 4 is 15.9 Å². The molecule has 1 aromatic carbocycles. The smallest absolute Gasteiger partial charge is 0.0614 e. The molecule has 0 heterocycles. The monoisotopic (exact) mass is 294 g/mol. The first-order valence-corrected chi connectivity index (χ1v) is 7.46. The predicted molar refractivity (Wildman–Crippen MR) is 72.8 cm³/mol. The van der Waals surface area contributed by atoms with Crippen molar-refractivity contribution in [3.05, 3.63) is 34.3 Å². The fraction of sp³-hybridized carbons (Fsp3) is 0.600. The van der Waals surface area contributed by atoms with E-state index in [-0.39, 0.29) is 6.10 Å². The molecule has 17 heavy (non-hydrogen) atoms. The van der Waals surface area contributed by atoms with E-state index in [0.29, 0.717) is 5.92 Å². The van der Waals surface area contributed by atoms with E-state index in [2.05, 4.69) is 34.1 Å². The molecule has 0 spiro atoms. The van der Waals surface area contributed by atoms with Crippen molar-refractivity contribution in [3.63, 3.8) is 0 Å². The Hall–Kier alpha value is -0.340. The average molecular weight is 295 g/mol. The summed E-state index contributed by atoms with van der Waals surface area (Å²) in [6.07, 6.45) is 6.03. The van der Waals surface area contributed by atoms with Crippen LogP contribution in [0.25, 0.3) is 0 Å². The van der Waals surface area contributed by atoms with Crippen LogP contribution in [0.4, 0.5) is 0 Å². The first-order chi connectivity index (χ1) is 8.25. The number of halogens is 1.